The van der Waals surface area contributed by atoms with E-state index in [1.807, 2.05) is 0 Å². The topological polar surface area (TPSA) is 20.3 Å². The first-order valence-corrected chi connectivity index (χ1v) is 5.40. The molecule has 0 aromatic carbocycles. The number of rotatable bonds is 8. The minimum Gasteiger partial charge on any atom is -0.302 e. The van der Waals surface area contributed by atoms with Gasteiger partial charge in [0.1, 0.15) is 6.29 Å². The lowest BCUT2D eigenvalue weighted by molar-refractivity contribution is -0.108. The first kappa shape index (κ1) is 12.6. The van der Waals surface area contributed by atoms with Crippen molar-refractivity contribution in [1.82, 2.24) is 4.90 Å². The highest BCUT2D eigenvalue weighted by atomic mass is 16.1. The lowest BCUT2D eigenvalue weighted by Crippen LogP contribution is -2.28. The van der Waals surface area contributed by atoms with E-state index < -0.39 is 0 Å². The molecule has 2 nitrogen and oxygen atoms in total. The first-order chi connectivity index (χ1) is 6.24. The SMILES string of the molecule is CCCN(CC=O)CCC(C)CC. The molecule has 0 rings (SSSR count). The fraction of sp³-hybridized carbons (Fsp3) is 0.909. The molecule has 1 unspecified atom stereocenters. The van der Waals surface area contributed by atoms with Gasteiger partial charge in [-0.05, 0) is 31.8 Å². The van der Waals surface area contributed by atoms with Crippen molar-refractivity contribution in [2.24, 2.45) is 5.92 Å². The molecule has 0 aliphatic rings. The number of carbonyl (C=O) groups is 1. The lowest BCUT2D eigenvalue weighted by Gasteiger charge is -2.20. The molecule has 2 heteroatoms. The van der Waals surface area contributed by atoms with E-state index in [-0.39, 0.29) is 0 Å². The van der Waals surface area contributed by atoms with E-state index in [2.05, 4.69) is 25.7 Å². The molecule has 0 fully saturated rings. The van der Waals surface area contributed by atoms with Gasteiger partial charge in [-0.15, -0.1) is 0 Å². The van der Waals surface area contributed by atoms with E-state index in [0.717, 1.165) is 31.7 Å². The summed E-state index contributed by atoms with van der Waals surface area (Å²) in [6.45, 7) is 9.36. The van der Waals surface area contributed by atoms with Gasteiger partial charge in [0.2, 0.25) is 0 Å². The van der Waals surface area contributed by atoms with E-state index in [1.165, 1.54) is 12.8 Å². The monoisotopic (exact) mass is 185 g/mol. The highest BCUT2D eigenvalue weighted by Gasteiger charge is 2.05. The third-order valence-corrected chi connectivity index (χ3v) is 2.51. The smallest absolute Gasteiger partial charge is 0.133 e. The Kier molecular flexibility index (Phi) is 8.00. The second-order valence-electron chi connectivity index (χ2n) is 3.77. The van der Waals surface area contributed by atoms with Gasteiger partial charge >= 0.3 is 0 Å². The largest absolute Gasteiger partial charge is 0.302 e. The van der Waals surface area contributed by atoms with Crippen LogP contribution in [0.5, 0.6) is 0 Å². The third kappa shape index (κ3) is 6.76. The molecule has 0 aliphatic heterocycles. The maximum atomic E-state index is 10.4. The summed E-state index contributed by atoms with van der Waals surface area (Å²) in [4.78, 5) is 12.6. The number of hydrogen-bond donors (Lipinski definition) is 0. The van der Waals surface area contributed by atoms with Gasteiger partial charge in [-0.3, -0.25) is 4.90 Å². The van der Waals surface area contributed by atoms with Crippen molar-refractivity contribution in [2.45, 2.75) is 40.0 Å². The molecule has 0 bridgehead atoms. The van der Waals surface area contributed by atoms with Gasteiger partial charge in [-0.2, -0.15) is 0 Å². The van der Waals surface area contributed by atoms with Crippen LogP contribution in [0.3, 0.4) is 0 Å². The molecule has 0 spiro atoms. The van der Waals surface area contributed by atoms with Crippen LogP contribution in [0.4, 0.5) is 0 Å². The fourth-order valence-corrected chi connectivity index (χ4v) is 1.32. The Balaban J connectivity index is 3.60. The zero-order valence-electron chi connectivity index (χ0n) is 9.25. The van der Waals surface area contributed by atoms with Crippen LogP contribution in [0.2, 0.25) is 0 Å². The maximum Gasteiger partial charge on any atom is 0.133 e. The normalized spacial score (nSPS) is 13.2. The maximum absolute atomic E-state index is 10.4. The molecule has 0 saturated heterocycles. The summed E-state index contributed by atoms with van der Waals surface area (Å²) >= 11 is 0. The lowest BCUT2D eigenvalue weighted by atomic mass is 10.1. The predicted molar refractivity (Wildman–Crippen MR) is 56.9 cm³/mol. The summed E-state index contributed by atoms with van der Waals surface area (Å²) < 4.78 is 0. The van der Waals surface area contributed by atoms with Gasteiger partial charge in [-0.1, -0.05) is 27.2 Å². The average molecular weight is 185 g/mol. The first-order valence-electron chi connectivity index (χ1n) is 5.40. The van der Waals surface area contributed by atoms with Crippen LogP contribution in [0, 0.1) is 5.92 Å². The Hall–Kier alpha value is -0.370. The zero-order chi connectivity index (χ0) is 10.1. The fourth-order valence-electron chi connectivity index (χ4n) is 1.32. The van der Waals surface area contributed by atoms with Crippen LogP contribution in [0.25, 0.3) is 0 Å². The van der Waals surface area contributed by atoms with Gasteiger partial charge in [0, 0.05) is 0 Å². The number of carbonyl (C=O) groups excluding carboxylic acids is 1. The molecular formula is C11H23NO. The number of nitrogens with zero attached hydrogens (tertiary/aromatic N) is 1. The van der Waals surface area contributed by atoms with E-state index in [9.17, 15) is 4.79 Å². The molecule has 0 aromatic rings. The van der Waals surface area contributed by atoms with Crippen molar-refractivity contribution < 1.29 is 4.79 Å². The summed E-state index contributed by atoms with van der Waals surface area (Å²) in [5, 5.41) is 0. The van der Waals surface area contributed by atoms with Crippen LogP contribution in [-0.4, -0.2) is 30.8 Å². The number of aldehydes is 1. The van der Waals surface area contributed by atoms with Crippen LogP contribution < -0.4 is 0 Å². The highest BCUT2D eigenvalue weighted by Crippen LogP contribution is 2.07. The minimum absolute atomic E-state index is 0.601. The predicted octanol–water partition coefficient (Wildman–Crippen LogP) is 2.33. The van der Waals surface area contributed by atoms with E-state index in [0.29, 0.717) is 6.54 Å². The Bertz CT molecular complexity index is 125. The average Bonchev–Trinajstić information content (AvgIpc) is 2.14. The summed E-state index contributed by atoms with van der Waals surface area (Å²) in [6.07, 6.45) is 4.59. The van der Waals surface area contributed by atoms with Crippen molar-refractivity contribution in [2.75, 3.05) is 19.6 Å². The van der Waals surface area contributed by atoms with Gasteiger partial charge in [0.15, 0.2) is 0 Å². The zero-order valence-corrected chi connectivity index (χ0v) is 9.25. The van der Waals surface area contributed by atoms with Crippen LogP contribution in [-0.2, 0) is 4.79 Å². The quantitative estimate of drug-likeness (QED) is 0.541. The Morgan fingerprint density at radius 1 is 1.31 bits per heavy atom. The van der Waals surface area contributed by atoms with Gasteiger partial charge in [-0.25, -0.2) is 0 Å². The van der Waals surface area contributed by atoms with E-state index in [4.69, 9.17) is 0 Å². The molecule has 0 aromatic heterocycles. The van der Waals surface area contributed by atoms with Crippen molar-refractivity contribution in [3.8, 4) is 0 Å². The highest BCUT2D eigenvalue weighted by molar-refractivity contribution is 5.51. The standard InChI is InChI=1S/C11H23NO/c1-4-7-12(9-10-13)8-6-11(3)5-2/h10-11H,4-9H2,1-3H3. The second kappa shape index (κ2) is 8.24. The summed E-state index contributed by atoms with van der Waals surface area (Å²) in [5.41, 5.74) is 0. The van der Waals surface area contributed by atoms with Gasteiger partial charge in [0.05, 0.1) is 6.54 Å². The van der Waals surface area contributed by atoms with Crippen molar-refractivity contribution in [3.05, 3.63) is 0 Å². The number of hydrogen-bond acceptors (Lipinski definition) is 2. The molecule has 0 saturated carbocycles. The summed E-state index contributed by atoms with van der Waals surface area (Å²) in [7, 11) is 0. The Labute approximate surface area is 82.3 Å². The van der Waals surface area contributed by atoms with Crippen LogP contribution in [0.15, 0.2) is 0 Å². The van der Waals surface area contributed by atoms with E-state index in [1.54, 1.807) is 0 Å². The van der Waals surface area contributed by atoms with Gasteiger partial charge in [0.25, 0.3) is 0 Å². The molecule has 0 N–H and O–H groups in total. The Morgan fingerprint density at radius 2 is 2.00 bits per heavy atom. The van der Waals surface area contributed by atoms with Crippen LogP contribution in [0.1, 0.15) is 40.0 Å². The molecule has 78 valence electrons. The minimum atomic E-state index is 0.601. The third-order valence-electron chi connectivity index (χ3n) is 2.51. The molecule has 0 aliphatic carbocycles. The van der Waals surface area contributed by atoms with Crippen molar-refractivity contribution in [3.63, 3.8) is 0 Å². The molecule has 0 heterocycles. The molecule has 0 amide bonds. The molecule has 0 radical (unpaired) electrons. The molecule has 1 atom stereocenters. The van der Waals surface area contributed by atoms with Crippen LogP contribution >= 0.6 is 0 Å². The summed E-state index contributed by atoms with van der Waals surface area (Å²) in [5.74, 6) is 0.783. The molecular weight excluding hydrogens is 162 g/mol. The van der Waals surface area contributed by atoms with Crippen molar-refractivity contribution >= 4 is 6.29 Å². The second-order valence-corrected chi connectivity index (χ2v) is 3.77. The summed E-state index contributed by atoms with van der Waals surface area (Å²) in [6, 6.07) is 0. The molecule has 13 heavy (non-hydrogen) atoms. The van der Waals surface area contributed by atoms with Crippen molar-refractivity contribution in [1.29, 1.82) is 0 Å². The Morgan fingerprint density at radius 3 is 2.46 bits per heavy atom. The van der Waals surface area contributed by atoms with Gasteiger partial charge < -0.3 is 4.79 Å². The van der Waals surface area contributed by atoms with E-state index >= 15 is 0 Å².